The molecule has 0 N–H and O–H groups in total. The van der Waals surface area contributed by atoms with Crippen molar-refractivity contribution in [2.75, 3.05) is 18.8 Å². The molecule has 1 heterocycles. The maximum atomic E-state index is 12.1. The summed E-state index contributed by atoms with van der Waals surface area (Å²) in [4.78, 5) is 15.5. The minimum atomic E-state index is 0.347. The molecule has 2 atom stereocenters. The summed E-state index contributed by atoms with van der Waals surface area (Å²) in [5.41, 5.74) is 0. The van der Waals surface area contributed by atoms with Crippen LogP contribution in [0.5, 0.6) is 0 Å². The molecule has 2 nitrogen and oxygen atoms in total. The lowest BCUT2D eigenvalue weighted by molar-refractivity contribution is -0.131. The zero-order valence-electron chi connectivity index (χ0n) is 12.8. The molecular formula is C17H24BrNOS. The van der Waals surface area contributed by atoms with Gasteiger partial charge in [0, 0.05) is 34.6 Å². The van der Waals surface area contributed by atoms with Gasteiger partial charge in [0.15, 0.2) is 0 Å². The van der Waals surface area contributed by atoms with Gasteiger partial charge in [0.2, 0.25) is 5.91 Å². The maximum absolute atomic E-state index is 12.1. The summed E-state index contributed by atoms with van der Waals surface area (Å²) in [6, 6.07) is 8.43. The topological polar surface area (TPSA) is 20.3 Å². The first kappa shape index (κ1) is 16.9. The molecule has 0 saturated carbocycles. The Morgan fingerprint density at radius 3 is 2.76 bits per heavy atom. The Kier molecular flexibility index (Phi) is 6.62. The molecule has 0 radical (unpaired) electrons. The molecule has 2 rings (SSSR count). The first-order chi connectivity index (χ1) is 10.0. The van der Waals surface area contributed by atoms with Gasteiger partial charge in [-0.3, -0.25) is 4.79 Å². The van der Waals surface area contributed by atoms with E-state index in [4.69, 9.17) is 0 Å². The third-order valence-electron chi connectivity index (χ3n) is 3.98. The van der Waals surface area contributed by atoms with Crippen molar-refractivity contribution in [1.29, 1.82) is 0 Å². The second kappa shape index (κ2) is 8.23. The highest BCUT2D eigenvalue weighted by Crippen LogP contribution is 2.24. The molecule has 1 fully saturated rings. The molecule has 1 saturated heterocycles. The summed E-state index contributed by atoms with van der Waals surface area (Å²) in [6.45, 7) is 6.33. The summed E-state index contributed by atoms with van der Waals surface area (Å²) in [5.74, 6) is 2.61. The fourth-order valence-corrected chi connectivity index (χ4v) is 3.74. The second-order valence-electron chi connectivity index (χ2n) is 6.14. The number of nitrogens with zero attached hydrogens (tertiary/aromatic N) is 1. The Morgan fingerprint density at radius 2 is 2.05 bits per heavy atom. The standard InChI is InChI=1S/C17H24BrNOS/c1-13-3-8-17(20)19(10-9-13)11-14(2)12-21-16-6-4-15(18)5-7-16/h4-7,13-14H,3,8-12H2,1-2H3/t13-,14-/m1/s1. The minimum Gasteiger partial charge on any atom is -0.342 e. The normalized spacial score (nSPS) is 21.2. The summed E-state index contributed by atoms with van der Waals surface area (Å²) in [5, 5.41) is 0. The molecule has 0 spiro atoms. The number of hydrogen-bond donors (Lipinski definition) is 0. The van der Waals surface area contributed by atoms with Crippen LogP contribution in [0, 0.1) is 11.8 Å². The number of thioether (sulfide) groups is 1. The molecule has 1 aliphatic heterocycles. The van der Waals surface area contributed by atoms with Gasteiger partial charge in [0.25, 0.3) is 0 Å². The lowest BCUT2D eigenvalue weighted by Crippen LogP contribution is -2.34. The van der Waals surface area contributed by atoms with Gasteiger partial charge in [-0.15, -0.1) is 11.8 Å². The average molecular weight is 370 g/mol. The van der Waals surface area contributed by atoms with E-state index in [0.717, 1.165) is 42.6 Å². The van der Waals surface area contributed by atoms with Crippen LogP contribution in [0.4, 0.5) is 0 Å². The van der Waals surface area contributed by atoms with E-state index in [2.05, 4.69) is 58.9 Å². The molecule has 0 unspecified atom stereocenters. The molecule has 21 heavy (non-hydrogen) atoms. The van der Waals surface area contributed by atoms with E-state index in [0.29, 0.717) is 17.7 Å². The maximum Gasteiger partial charge on any atom is 0.222 e. The number of likely N-dealkylation sites (tertiary alicyclic amines) is 1. The van der Waals surface area contributed by atoms with Crippen LogP contribution in [0.2, 0.25) is 0 Å². The van der Waals surface area contributed by atoms with Gasteiger partial charge in [-0.1, -0.05) is 29.8 Å². The highest BCUT2D eigenvalue weighted by atomic mass is 79.9. The van der Waals surface area contributed by atoms with Crippen molar-refractivity contribution in [2.45, 2.75) is 38.0 Å². The molecule has 1 amide bonds. The van der Waals surface area contributed by atoms with Crippen LogP contribution < -0.4 is 0 Å². The number of hydrogen-bond acceptors (Lipinski definition) is 2. The van der Waals surface area contributed by atoms with Gasteiger partial charge in [0.05, 0.1) is 0 Å². The third kappa shape index (κ3) is 5.67. The first-order valence-corrected chi connectivity index (χ1v) is 9.48. The van der Waals surface area contributed by atoms with Crippen molar-refractivity contribution in [3.05, 3.63) is 28.7 Å². The predicted octanol–water partition coefficient (Wildman–Crippen LogP) is 4.83. The van der Waals surface area contributed by atoms with Gasteiger partial charge < -0.3 is 4.90 Å². The van der Waals surface area contributed by atoms with Crippen molar-refractivity contribution in [1.82, 2.24) is 4.90 Å². The molecule has 0 bridgehead atoms. The van der Waals surface area contributed by atoms with Crippen LogP contribution >= 0.6 is 27.7 Å². The Morgan fingerprint density at radius 1 is 1.33 bits per heavy atom. The van der Waals surface area contributed by atoms with Crippen LogP contribution in [0.3, 0.4) is 0 Å². The number of carbonyl (C=O) groups is 1. The molecule has 116 valence electrons. The van der Waals surface area contributed by atoms with Gasteiger partial charge in [-0.05, 0) is 48.9 Å². The van der Waals surface area contributed by atoms with E-state index >= 15 is 0 Å². The Balaban J connectivity index is 1.79. The molecule has 0 aromatic heterocycles. The number of carbonyl (C=O) groups excluding carboxylic acids is 1. The lowest BCUT2D eigenvalue weighted by Gasteiger charge is -2.24. The zero-order valence-corrected chi connectivity index (χ0v) is 15.3. The number of halogens is 1. The number of amides is 1. The largest absolute Gasteiger partial charge is 0.342 e. The van der Waals surface area contributed by atoms with Crippen molar-refractivity contribution >= 4 is 33.6 Å². The van der Waals surface area contributed by atoms with Gasteiger partial charge in [-0.25, -0.2) is 0 Å². The van der Waals surface area contributed by atoms with E-state index in [9.17, 15) is 4.79 Å². The van der Waals surface area contributed by atoms with Crippen molar-refractivity contribution in [3.8, 4) is 0 Å². The van der Waals surface area contributed by atoms with Crippen molar-refractivity contribution < 1.29 is 4.79 Å². The van der Waals surface area contributed by atoms with Crippen LogP contribution in [0.15, 0.2) is 33.6 Å². The fourth-order valence-electron chi connectivity index (χ4n) is 2.56. The Hall–Kier alpha value is -0.480. The van der Waals surface area contributed by atoms with Gasteiger partial charge >= 0.3 is 0 Å². The van der Waals surface area contributed by atoms with Crippen LogP contribution in [-0.4, -0.2) is 29.6 Å². The van der Waals surface area contributed by atoms with Crippen molar-refractivity contribution in [3.63, 3.8) is 0 Å². The summed E-state index contributed by atoms with van der Waals surface area (Å²) in [7, 11) is 0. The third-order valence-corrected chi connectivity index (χ3v) is 5.85. The Labute approximate surface area is 140 Å². The molecular weight excluding hydrogens is 346 g/mol. The molecule has 1 aromatic carbocycles. The zero-order chi connectivity index (χ0) is 15.2. The predicted molar refractivity (Wildman–Crippen MR) is 93.6 cm³/mol. The highest BCUT2D eigenvalue weighted by molar-refractivity contribution is 9.10. The van der Waals surface area contributed by atoms with E-state index in [1.165, 1.54) is 4.90 Å². The summed E-state index contributed by atoms with van der Waals surface area (Å²) >= 11 is 5.33. The fraction of sp³-hybridized carbons (Fsp3) is 0.588. The first-order valence-electron chi connectivity index (χ1n) is 7.70. The lowest BCUT2D eigenvalue weighted by atomic mass is 10.0. The number of rotatable bonds is 5. The molecule has 4 heteroatoms. The second-order valence-corrected chi connectivity index (χ2v) is 8.15. The number of benzene rings is 1. The monoisotopic (exact) mass is 369 g/mol. The molecule has 0 aliphatic carbocycles. The van der Waals surface area contributed by atoms with Gasteiger partial charge in [0.1, 0.15) is 0 Å². The highest BCUT2D eigenvalue weighted by Gasteiger charge is 2.21. The van der Waals surface area contributed by atoms with E-state index in [1.807, 2.05) is 11.8 Å². The SMILES string of the molecule is C[C@@H]1CCC(=O)N(C[C@@H](C)CSc2ccc(Br)cc2)CC1. The molecule has 1 aromatic rings. The van der Waals surface area contributed by atoms with E-state index in [-0.39, 0.29) is 0 Å². The average Bonchev–Trinajstić information content (AvgIpc) is 2.62. The van der Waals surface area contributed by atoms with Crippen LogP contribution in [0.1, 0.15) is 33.1 Å². The summed E-state index contributed by atoms with van der Waals surface area (Å²) in [6.07, 6.45) is 2.93. The smallest absolute Gasteiger partial charge is 0.222 e. The minimum absolute atomic E-state index is 0.347. The summed E-state index contributed by atoms with van der Waals surface area (Å²) < 4.78 is 1.11. The van der Waals surface area contributed by atoms with Gasteiger partial charge in [-0.2, -0.15) is 0 Å². The van der Waals surface area contributed by atoms with Crippen LogP contribution in [-0.2, 0) is 4.79 Å². The Bertz CT molecular complexity index is 462. The van der Waals surface area contributed by atoms with Crippen molar-refractivity contribution in [2.24, 2.45) is 11.8 Å². The van der Waals surface area contributed by atoms with E-state index in [1.54, 1.807) is 0 Å². The van der Waals surface area contributed by atoms with Crippen LogP contribution in [0.25, 0.3) is 0 Å². The quantitative estimate of drug-likeness (QED) is 0.693. The van der Waals surface area contributed by atoms with E-state index < -0.39 is 0 Å². The molecule has 1 aliphatic rings.